The molecule has 0 radical (unpaired) electrons. The van der Waals surface area contributed by atoms with Crippen LogP contribution in [0.4, 0.5) is 4.79 Å². The summed E-state index contributed by atoms with van der Waals surface area (Å²) in [4.78, 5) is 13.8. The number of hydrogen-bond donors (Lipinski definition) is 3. The molecule has 28 heavy (non-hydrogen) atoms. The van der Waals surface area contributed by atoms with Gasteiger partial charge in [0.1, 0.15) is 4.32 Å². The lowest BCUT2D eigenvalue weighted by Gasteiger charge is -2.50. The molecule has 0 bridgehead atoms. The molecule has 1 aliphatic carbocycles. The van der Waals surface area contributed by atoms with Crippen LogP contribution in [0.3, 0.4) is 0 Å². The highest BCUT2D eigenvalue weighted by Crippen LogP contribution is 2.49. The summed E-state index contributed by atoms with van der Waals surface area (Å²) in [6.45, 7) is 9.12. The van der Waals surface area contributed by atoms with E-state index in [-0.39, 0.29) is 22.1 Å². The van der Waals surface area contributed by atoms with Crippen molar-refractivity contribution in [1.29, 1.82) is 0 Å². The first-order valence-electron chi connectivity index (χ1n) is 9.83. The summed E-state index contributed by atoms with van der Waals surface area (Å²) >= 11 is 9.45. The van der Waals surface area contributed by atoms with Crippen molar-refractivity contribution in [2.24, 2.45) is 10.8 Å². The SMILES string of the molecule is CCCC(NC(=O)SSc1ccccc1)C1(C)CC(NC(=S)S)CC(C)(C)C1. The zero-order valence-corrected chi connectivity index (χ0v) is 20.5. The predicted octanol–water partition coefficient (Wildman–Crippen LogP) is 6.69. The van der Waals surface area contributed by atoms with Crippen LogP contribution in [0.15, 0.2) is 35.2 Å². The van der Waals surface area contributed by atoms with Crippen LogP contribution in [-0.2, 0) is 0 Å². The quantitative estimate of drug-likeness (QED) is 0.242. The molecule has 0 aliphatic heterocycles. The Labute approximate surface area is 188 Å². The number of nitrogens with one attached hydrogen (secondary N) is 2. The maximum atomic E-state index is 12.7. The third-order valence-corrected chi connectivity index (χ3v) is 7.73. The van der Waals surface area contributed by atoms with Gasteiger partial charge in [0.05, 0.1) is 0 Å². The van der Waals surface area contributed by atoms with Crippen LogP contribution >= 0.6 is 46.4 Å². The Morgan fingerprint density at radius 3 is 2.57 bits per heavy atom. The average Bonchev–Trinajstić information content (AvgIpc) is 2.58. The van der Waals surface area contributed by atoms with E-state index in [1.807, 2.05) is 30.3 Å². The first kappa shape index (κ1) is 23.9. The smallest absolute Gasteiger partial charge is 0.290 e. The van der Waals surface area contributed by atoms with E-state index in [0.717, 1.165) is 37.0 Å². The van der Waals surface area contributed by atoms with Crippen molar-refractivity contribution >= 4 is 56.0 Å². The molecule has 3 unspecified atom stereocenters. The second kappa shape index (κ2) is 10.6. The highest BCUT2D eigenvalue weighted by molar-refractivity contribution is 8.82. The van der Waals surface area contributed by atoms with Crippen LogP contribution in [0.25, 0.3) is 0 Å². The van der Waals surface area contributed by atoms with Gasteiger partial charge >= 0.3 is 0 Å². The van der Waals surface area contributed by atoms with Gasteiger partial charge in [0.2, 0.25) is 0 Å². The molecule has 1 amide bonds. The number of benzene rings is 1. The molecule has 1 saturated carbocycles. The van der Waals surface area contributed by atoms with Crippen molar-refractivity contribution in [3.05, 3.63) is 30.3 Å². The van der Waals surface area contributed by atoms with Gasteiger partial charge in [-0.15, -0.1) is 12.6 Å². The molecule has 1 aromatic carbocycles. The summed E-state index contributed by atoms with van der Waals surface area (Å²) in [5, 5.41) is 6.73. The van der Waals surface area contributed by atoms with E-state index in [4.69, 9.17) is 12.2 Å². The molecule has 3 nitrogen and oxygen atoms in total. The summed E-state index contributed by atoms with van der Waals surface area (Å²) in [6.07, 6.45) is 5.15. The number of thiol groups is 1. The highest BCUT2D eigenvalue weighted by atomic mass is 33.1. The number of carbonyl (C=O) groups is 1. The summed E-state index contributed by atoms with van der Waals surface area (Å²) in [5.41, 5.74) is 0.202. The Balaban J connectivity index is 2.06. The lowest BCUT2D eigenvalue weighted by molar-refractivity contribution is 0.0451. The van der Waals surface area contributed by atoms with Crippen LogP contribution in [-0.4, -0.2) is 21.6 Å². The van der Waals surface area contributed by atoms with Crippen molar-refractivity contribution in [3.8, 4) is 0 Å². The molecule has 156 valence electrons. The molecule has 0 aromatic heterocycles. The summed E-state index contributed by atoms with van der Waals surface area (Å²) in [5.74, 6) is 0. The lowest BCUT2D eigenvalue weighted by Crippen LogP contribution is -2.54. The van der Waals surface area contributed by atoms with Gasteiger partial charge in [-0.05, 0) is 59.4 Å². The zero-order valence-electron chi connectivity index (χ0n) is 17.2. The van der Waals surface area contributed by atoms with Gasteiger partial charge in [0.25, 0.3) is 5.24 Å². The fourth-order valence-corrected chi connectivity index (χ4v) is 6.67. The maximum Gasteiger partial charge on any atom is 0.290 e. The van der Waals surface area contributed by atoms with E-state index in [1.165, 1.54) is 21.6 Å². The Bertz CT molecular complexity index is 668. The molecule has 1 aliphatic rings. The molecular weight excluding hydrogens is 425 g/mol. The van der Waals surface area contributed by atoms with Gasteiger partial charge in [-0.25, -0.2) is 0 Å². The number of amides is 1. The normalized spacial score (nSPS) is 25.0. The summed E-state index contributed by atoms with van der Waals surface area (Å²) in [7, 11) is 2.78. The minimum atomic E-state index is 0.0155. The summed E-state index contributed by atoms with van der Waals surface area (Å²) < 4.78 is 0.552. The number of rotatable bonds is 7. The highest BCUT2D eigenvalue weighted by Gasteiger charge is 2.45. The first-order chi connectivity index (χ1) is 13.1. The van der Waals surface area contributed by atoms with Crippen molar-refractivity contribution in [1.82, 2.24) is 10.6 Å². The van der Waals surface area contributed by atoms with Crippen LogP contribution in [0.5, 0.6) is 0 Å². The molecule has 1 aromatic rings. The lowest BCUT2D eigenvalue weighted by atomic mass is 9.59. The number of carbonyl (C=O) groups excluding carboxylic acids is 1. The van der Waals surface area contributed by atoms with Crippen LogP contribution < -0.4 is 10.6 Å². The molecule has 7 heteroatoms. The average molecular weight is 457 g/mol. The van der Waals surface area contributed by atoms with Gasteiger partial charge in [-0.3, -0.25) is 4.79 Å². The minimum absolute atomic E-state index is 0.0155. The van der Waals surface area contributed by atoms with E-state index in [1.54, 1.807) is 0 Å². The Morgan fingerprint density at radius 2 is 1.96 bits per heavy atom. The minimum Gasteiger partial charge on any atom is -0.368 e. The van der Waals surface area contributed by atoms with Crippen molar-refractivity contribution < 1.29 is 4.79 Å². The second-order valence-corrected chi connectivity index (χ2v) is 12.1. The van der Waals surface area contributed by atoms with Gasteiger partial charge < -0.3 is 10.6 Å². The number of hydrogen-bond acceptors (Lipinski definition) is 4. The molecule has 2 N–H and O–H groups in total. The monoisotopic (exact) mass is 456 g/mol. The largest absolute Gasteiger partial charge is 0.368 e. The molecule has 0 heterocycles. The Morgan fingerprint density at radius 1 is 1.29 bits per heavy atom. The predicted molar refractivity (Wildman–Crippen MR) is 131 cm³/mol. The van der Waals surface area contributed by atoms with Crippen LogP contribution in [0.1, 0.15) is 59.8 Å². The zero-order chi connectivity index (χ0) is 20.8. The molecule has 0 saturated heterocycles. The first-order valence-corrected chi connectivity index (χ1v) is 12.8. The molecule has 2 rings (SSSR count). The molecular formula is C21H32N2OS4. The topological polar surface area (TPSA) is 41.1 Å². The van der Waals surface area contributed by atoms with E-state index >= 15 is 0 Å². The second-order valence-electron chi connectivity index (χ2n) is 8.80. The van der Waals surface area contributed by atoms with Crippen molar-refractivity contribution in [3.63, 3.8) is 0 Å². The van der Waals surface area contributed by atoms with Crippen LogP contribution in [0, 0.1) is 10.8 Å². The van der Waals surface area contributed by atoms with Crippen molar-refractivity contribution in [2.75, 3.05) is 0 Å². The third-order valence-electron chi connectivity index (χ3n) is 5.39. The van der Waals surface area contributed by atoms with E-state index < -0.39 is 0 Å². The van der Waals surface area contributed by atoms with Gasteiger partial charge in [-0.1, -0.05) is 64.5 Å². The van der Waals surface area contributed by atoms with E-state index in [2.05, 4.69) is 51.0 Å². The Hall–Kier alpha value is -0.370. The molecule has 0 spiro atoms. The van der Waals surface area contributed by atoms with Crippen LogP contribution in [0.2, 0.25) is 0 Å². The fourth-order valence-electron chi connectivity index (χ4n) is 4.69. The van der Waals surface area contributed by atoms with Gasteiger partial charge in [0.15, 0.2) is 0 Å². The van der Waals surface area contributed by atoms with Crippen molar-refractivity contribution in [2.45, 2.75) is 76.8 Å². The summed E-state index contributed by atoms with van der Waals surface area (Å²) in [6, 6.07) is 10.5. The third kappa shape index (κ3) is 7.47. The Kier molecular flexibility index (Phi) is 9.05. The molecule has 3 atom stereocenters. The standard InChI is InChI=1S/C21H32N2OS4/c1-5-9-17(23-18(24)28-27-16-10-7-6-8-11-16)21(4)13-15(22-19(25)26)12-20(2,3)14-21/h6-8,10-11,15,17H,5,9,12-14H2,1-4H3,(H,23,24)(H2,22,25,26). The maximum absolute atomic E-state index is 12.7. The van der Waals surface area contributed by atoms with Gasteiger partial charge in [-0.2, -0.15) is 0 Å². The fraction of sp³-hybridized carbons (Fsp3) is 0.619. The number of thiocarbonyl (C=S) groups is 1. The molecule has 1 fully saturated rings. The van der Waals surface area contributed by atoms with Gasteiger partial charge in [0, 0.05) is 27.8 Å². The van der Waals surface area contributed by atoms with E-state index in [0.29, 0.717) is 10.4 Å². The van der Waals surface area contributed by atoms with E-state index in [9.17, 15) is 4.79 Å².